The van der Waals surface area contributed by atoms with Crippen molar-refractivity contribution in [1.82, 2.24) is 10.6 Å². The molecule has 0 heterocycles. The lowest BCUT2D eigenvalue weighted by Crippen LogP contribution is -2.47. The molecule has 316 valence electrons. The van der Waals surface area contributed by atoms with Gasteiger partial charge in [0.05, 0.1) is 13.2 Å². The average molecular weight is 781 g/mol. The summed E-state index contributed by atoms with van der Waals surface area (Å²) in [7, 11) is 0. The third kappa shape index (κ3) is 37.0. The molecule has 0 radical (unpaired) electrons. The van der Waals surface area contributed by atoms with Gasteiger partial charge in [0.25, 0.3) is 0 Å². The Kier molecular flexibility index (Phi) is 37.8. The molecular weight excluding hydrogens is 705 g/mol. The van der Waals surface area contributed by atoms with E-state index in [1.807, 2.05) is 6.08 Å². The number of esters is 1. The fraction of sp³-hybridized carbons (Fsp3) is 0.617. The first-order chi connectivity index (χ1) is 27.3. The van der Waals surface area contributed by atoms with Crippen LogP contribution in [-0.4, -0.2) is 59.3 Å². The molecule has 0 saturated heterocycles. The number of ether oxygens (including phenoxy) is 1. The van der Waals surface area contributed by atoms with Gasteiger partial charge < -0.3 is 25.6 Å². The van der Waals surface area contributed by atoms with E-state index in [0.29, 0.717) is 12.8 Å². The van der Waals surface area contributed by atoms with E-state index in [9.17, 15) is 19.2 Å². The van der Waals surface area contributed by atoms with Crippen molar-refractivity contribution in [3.63, 3.8) is 0 Å². The summed E-state index contributed by atoms with van der Waals surface area (Å²) in [6.45, 7) is 3.28. The van der Waals surface area contributed by atoms with Crippen LogP contribution in [0.2, 0.25) is 0 Å². The molecule has 2 atom stereocenters. The highest BCUT2D eigenvalue weighted by Gasteiger charge is 2.18. The summed E-state index contributed by atoms with van der Waals surface area (Å²) >= 11 is 0. The molecule has 0 aliphatic carbocycles. The SMILES string of the molecule is CC/C=C\C/C=C\C/C=C\C/C=C\C/C=C\CCCCCCCC(=O)OC(/C=C\C/C=C\CCCCC)CCCCCCC(=O)NCC(=O)NC(CO)C(=O)O. The minimum absolute atomic E-state index is 0.150. The van der Waals surface area contributed by atoms with E-state index in [1.54, 1.807) is 0 Å². The Morgan fingerprint density at radius 3 is 1.64 bits per heavy atom. The molecule has 2 amide bonds. The predicted molar refractivity (Wildman–Crippen MR) is 231 cm³/mol. The fourth-order valence-electron chi connectivity index (χ4n) is 5.57. The van der Waals surface area contributed by atoms with Crippen molar-refractivity contribution in [3.8, 4) is 0 Å². The average Bonchev–Trinajstić information content (AvgIpc) is 3.18. The normalized spacial score (nSPS) is 13.3. The fourth-order valence-corrected chi connectivity index (χ4v) is 5.57. The summed E-state index contributed by atoms with van der Waals surface area (Å²) < 4.78 is 5.88. The molecule has 0 spiro atoms. The Balaban J connectivity index is 4.30. The monoisotopic (exact) mass is 781 g/mol. The number of hydrogen-bond donors (Lipinski definition) is 4. The summed E-state index contributed by atoms with van der Waals surface area (Å²) in [6, 6.07) is -1.40. The third-order valence-corrected chi connectivity index (χ3v) is 8.86. The second-order valence-corrected chi connectivity index (χ2v) is 14.0. The lowest BCUT2D eigenvalue weighted by atomic mass is 10.1. The number of nitrogens with one attached hydrogen (secondary N) is 2. The van der Waals surface area contributed by atoms with E-state index < -0.39 is 24.5 Å². The molecule has 0 saturated carbocycles. The number of hydrogen-bond acceptors (Lipinski definition) is 6. The minimum Gasteiger partial charge on any atom is -0.480 e. The van der Waals surface area contributed by atoms with Crippen LogP contribution in [0.25, 0.3) is 0 Å². The van der Waals surface area contributed by atoms with Gasteiger partial charge in [-0.1, -0.05) is 138 Å². The molecule has 9 nitrogen and oxygen atoms in total. The summed E-state index contributed by atoms with van der Waals surface area (Å²) in [4.78, 5) is 47.5. The number of carbonyl (C=O) groups excluding carboxylic acids is 3. The number of amides is 2. The number of aliphatic hydroxyl groups is 1. The molecule has 0 rings (SSSR count). The van der Waals surface area contributed by atoms with Gasteiger partial charge in [-0.3, -0.25) is 14.4 Å². The highest BCUT2D eigenvalue weighted by molar-refractivity contribution is 5.87. The molecule has 56 heavy (non-hydrogen) atoms. The number of carboxylic acids is 1. The Morgan fingerprint density at radius 2 is 1.07 bits per heavy atom. The van der Waals surface area contributed by atoms with Crippen LogP contribution >= 0.6 is 0 Å². The smallest absolute Gasteiger partial charge is 0.328 e. The van der Waals surface area contributed by atoms with Crippen molar-refractivity contribution < 1.29 is 34.1 Å². The van der Waals surface area contributed by atoms with Gasteiger partial charge in [0.1, 0.15) is 12.1 Å². The van der Waals surface area contributed by atoms with Gasteiger partial charge in [0.15, 0.2) is 0 Å². The van der Waals surface area contributed by atoms with Crippen LogP contribution in [0.5, 0.6) is 0 Å². The second-order valence-electron chi connectivity index (χ2n) is 14.0. The predicted octanol–water partition coefficient (Wildman–Crippen LogP) is 10.5. The summed E-state index contributed by atoms with van der Waals surface area (Å²) in [5.41, 5.74) is 0. The van der Waals surface area contributed by atoms with Crippen molar-refractivity contribution in [2.45, 2.75) is 174 Å². The number of aliphatic carboxylic acids is 1. The highest BCUT2D eigenvalue weighted by Crippen LogP contribution is 2.14. The molecule has 4 N–H and O–H groups in total. The van der Waals surface area contributed by atoms with Crippen molar-refractivity contribution in [2.75, 3.05) is 13.2 Å². The summed E-state index contributed by atoms with van der Waals surface area (Å²) in [5, 5.41) is 22.5. The Hall–Kier alpha value is -3.98. The topological polar surface area (TPSA) is 142 Å². The molecule has 0 aromatic heterocycles. The van der Waals surface area contributed by atoms with E-state index in [0.717, 1.165) is 109 Å². The molecule has 9 heteroatoms. The molecule has 0 bridgehead atoms. The summed E-state index contributed by atoms with van der Waals surface area (Å²) in [5.74, 6) is -2.46. The number of carboxylic acid groups (broad SMARTS) is 1. The van der Waals surface area contributed by atoms with Crippen LogP contribution in [0.4, 0.5) is 0 Å². The molecule has 0 aromatic rings. The van der Waals surface area contributed by atoms with Gasteiger partial charge in [-0.15, -0.1) is 0 Å². The van der Waals surface area contributed by atoms with Gasteiger partial charge in [-0.05, 0) is 96.0 Å². The van der Waals surface area contributed by atoms with E-state index in [-0.39, 0.29) is 30.9 Å². The number of rotatable bonds is 37. The molecule has 0 aliphatic heterocycles. The maximum absolute atomic E-state index is 12.7. The molecule has 0 fully saturated rings. The van der Waals surface area contributed by atoms with Crippen LogP contribution < -0.4 is 10.6 Å². The van der Waals surface area contributed by atoms with Gasteiger partial charge in [0, 0.05) is 12.8 Å². The number of carbonyl (C=O) groups is 4. The Morgan fingerprint density at radius 1 is 0.571 bits per heavy atom. The number of unbranched alkanes of at least 4 members (excludes halogenated alkanes) is 11. The molecule has 0 aliphatic rings. The van der Waals surface area contributed by atoms with Crippen molar-refractivity contribution >= 4 is 23.8 Å². The minimum atomic E-state index is -1.40. The van der Waals surface area contributed by atoms with E-state index in [2.05, 4.69) is 103 Å². The van der Waals surface area contributed by atoms with Crippen molar-refractivity contribution in [3.05, 3.63) is 85.1 Å². The van der Waals surface area contributed by atoms with Crippen LogP contribution in [-0.2, 0) is 23.9 Å². The van der Waals surface area contributed by atoms with E-state index >= 15 is 0 Å². The van der Waals surface area contributed by atoms with Crippen LogP contribution in [0.3, 0.4) is 0 Å². The maximum atomic E-state index is 12.7. The van der Waals surface area contributed by atoms with Gasteiger partial charge in [-0.2, -0.15) is 0 Å². The number of aliphatic hydroxyl groups excluding tert-OH is 1. The van der Waals surface area contributed by atoms with Gasteiger partial charge >= 0.3 is 11.9 Å². The van der Waals surface area contributed by atoms with Crippen LogP contribution in [0.15, 0.2) is 85.1 Å². The van der Waals surface area contributed by atoms with Crippen molar-refractivity contribution in [1.29, 1.82) is 0 Å². The highest BCUT2D eigenvalue weighted by atomic mass is 16.5. The number of allylic oxidation sites excluding steroid dienone is 13. The molecule has 0 aromatic carbocycles. The Bertz CT molecular complexity index is 1210. The van der Waals surface area contributed by atoms with Gasteiger partial charge in [0.2, 0.25) is 11.8 Å². The standard InChI is InChI=1S/C47H76N2O7/c1-3-5-7-9-11-13-14-15-16-17-18-19-20-21-22-23-24-25-27-29-35-39-46(53)56-42(36-32-28-26-12-10-8-6-4-2)37-33-30-31-34-38-44(51)48-40-45(52)49-43(41-50)47(54)55/h5,7,11-13,15-16,18-19,21-22,26,32,36,42-43,50H,3-4,6,8-10,14,17,20,23-25,27-31,33-35,37-41H2,1-2H3,(H,48,51)(H,49,52)(H,54,55)/b7-5-,13-11-,16-15-,19-18-,22-21-,26-12-,36-32-. The third-order valence-electron chi connectivity index (χ3n) is 8.86. The van der Waals surface area contributed by atoms with Gasteiger partial charge in [-0.25, -0.2) is 4.79 Å². The lowest BCUT2D eigenvalue weighted by Gasteiger charge is -2.15. The first-order valence-corrected chi connectivity index (χ1v) is 21.5. The van der Waals surface area contributed by atoms with Crippen LogP contribution in [0, 0.1) is 0 Å². The van der Waals surface area contributed by atoms with Crippen LogP contribution in [0.1, 0.15) is 162 Å². The second kappa shape index (κ2) is 40.7. The van der Waals surface area contributed by atoms with Crippen molar-refractivity contribution in [2.24, 2.45) is 0 Å². The first-order valence-electron chi connectivity index (χ1n) is 21.5. The molecular formula is C47H76N2O7. The molecule has 2 unspecified atom stereocenters. The maximum Gasteiger partial charge on any atom is 0.328 e. The van der Waals surface area contributed by atoms with E-state index in [4.69, 9.17) is 14.9 Å². The largest absolute Gasteiger partial charge is 0.480 e. The summed E-state index contributed by atoms with van der Waals surface area (Å²) in [6.07, 6.45) is 52.0. The zero-order chi connectivity index (χ0) is 41.2. The quantitative estimate of drug-likeness (QED) is 0.0279. The zero-order valence-corrected chi connectivity index (χ0v) is 34.9. The van der Waals surface area contributed by atoms with E-state index in [1.165, 1.54) is 19.3 Å². The lowest BCUT2D eigenvalue weighted by molar-refractivity contribution is -0.147. The first kappa shape index (κ1) is 52.0. The zero-order valence-electron chi connectivity index (χ0n) is 34.9. The Labute approximate surface area is 339 Å².